The van der Waals surface area contributed by atoms with Crippen molar-refractivity contribution in [2.45, 2.75) is 26.2 Å². The Morgan fingerprint density at radius 3 is 2.68 bits per heavy atom. The van der Waals surface area contributed by atoms with E-state index in [2.05, 4.69) is 32.0 Å². The zero-order chi connectivity index (χ0) is 29.4. The number of aliphatic hydroxyl groups is 1. The van der Waals surface area contributed by atoms with Gasteiger partial charge in [-0.2, -0.15) is 5.10 Å². The summed E-state index contributed by atoms with van der Waals surface area (Å²) in [5.41, 5.74) is 6.01. The number of amides is 1. The average molecular weight is 570 g/mol. The Balaban J connectivity index is 1.71. The van der Waals surface area contributed by atoms with Crippen molar-refractivity contribution in [2.75, 3.05) is 44.9 Å². The van der Waals surface area contributed by atoms with Gasteiger partial charge in [0.2, 0.25) is 5.91 Å². The number of fused-ring (bicyclic) bond motifs is 1. The fourth-order valence-electron chi connectivity index (χ4n) is 4.52. The van der Waals surface area contributed by atoms with Crippen molar-refractivity contribution in [2.24, 2.45) is 5.73 Å². The number of halogens is 2. The smallest absolute Gasteiger partial charge is 0.223 e. The van der Waals surface area contributed by atoms with Crippen molar-refractivity contribution in [1.82, 2.24) is 25.1 Å². The number of nitrogens with two attached hydrogens (primary N) is 1. The molecule has 0 aliphatic rings. The molecule has 13 heteroatoms. The summed E-state index contributed by atoms with van der Waals surface area (Å²) in [4.78, 5) is 23.7. The van der Waals surface area contributed by atoms with Gasteiger partial charge in [0.05, 0.1) is 37.9 Å². The van der Waals surface area contributed by atoms with Crippen molar-refractivity contribution in [3.8, 4) is 11.5 Å². The van der Waals surface area contributed by atoms with E-state index in [1.807, 2.05) is 0 Å². The molecule has 2 heterocycles. The Labute approximate surface area is 235 Å². The van der Waals surface area contributed by atoms with E-state index in [1.54, 1.807) is 12.1 Å². The molecule has 11 nitrogen and oxygen atoms in total. The molecule has 4 aromatic rings. The number of aliphatic hydroxyl groups excluding tert-OH is 1. The lowest BCUT2D eigenvalue weighted by Gasteiger charge is -2.23. The van der Waals surface area contributed by atoms with Crippen LogP contribution in [0.25, 0.3) is 10.9 Å². The number of nitrogens with one attached hydrogen (secondary N) is 1. The van der Waals surface area contributed by atoms with Gasteiger partial charge in [0.25, 0.3) is 0 Å². The fraction of sp³-hybridized carbons (Fsp3) is 0.357. The maximum absolute atomic E-state index is 15.1. The van der Waals surface area contributed by atoms with Gasteiger partial charge in [-0.15, -0.1) is 0 Å². The van der Waals surface area contributed by atoms with Gasteiger partial charge in [-0.3, -0.25) is 14.8 Å². The van der Waals surface area contributed by atoms with E-state index in [-0.39, 0.29) is 30.4 Å². The van der Waals surface area contributed by atoms with E-state index >= 15 is 4.39 Å². The highest BCUT2D eigenvalue weighted by atomic mass is 19.2. The van der Waals surface area contributed by atoms with Crippen molar-refractivity contribution in [3.05, 3.63) is 60.1 Å². The molecule has 0 unspecified atom stereocenters. The molecule has 0 aliphatic carbocycles. The average Bonchev–Trinajstić information content (AvgIpc) is 3.40. The second kappa shape index (κ2) is 13.8. The lowest BCUT2D eigenvalue weighted by Crippen LogP contribution is -2.29. The minimum atomic E-state index is -1.11. The van der Waals surface area contributed by atoms with Crippen LogP contribution in [0.2, 0.25) is 0 Å². The molecule has 0 fully saturated rings. The van der Waals surface area contributed by atoms with Crippen molar-refractivity contribution in [3.63, 3.8) is 0 Å². The van der Waals surface area contributed by atoms with E-state index in [0.717, 1.165) is 32.0 Å². The normalized spacial score (nSPS) is 11.3. The largest absolute Gasteiger partial charge is 0.493 e. The molecule has 4 rings (SSSR count). The Morgan fingerprint density at radius 2 is 1.95 bits per heavy atom. The number of H-pyrrole nitrogens is 1. The molecule has 2 aromatic heterocycles. The van der Waals surface area contributed by atoms with Crippen molar-refractivity contribution in [1.29, 1.82) is 0 Å². The quantitative estimate of drug-likeness (QED) is 0.183. The zero-order valence-electron chi connectivity index (χ0n) is 22.9. The summed E-state index contributed by atoms with van der Waals surface area (Å²) in [6, 6.07) is 8.64. The summed E-state index contributed by atoms with van der Waals surface area (Å²) in [5, 5.41) is 16.7. The highest BCUT2D eigenvalue weighted by Crippen LogP contribution is 2.41. The number of carbonyl (C=O) groups is 1. The maximum Gasteiger partial charge on any atom is 0.223 e. The van der Waals surface area contributed by atoms with Crippen LogP contribution in [0.5, 0.6) is 11.5 Å². The predicted molar refractivity (Wildman–Crippen MR) is 150 cm³/mol. The van der Waals surface area contributed by atoms with E-state index in [9.17, 15) is 14.3 Å². The zero-order valence-corrected chi connectivity index (χ0v) is 22.9. The van der Waals surface area contributed by atoms with Crippen molar-refractivity contribution >= 4 is 34.1 Å². The topological polar surface area (TPSA) is 143 Å². The number of aromatic nitrogens is 4. The first kappa shape index (κ1) is 29.6. The summed E-state index contributed by atoms with van der Waals surface area (Å²) >= 11 is 0. The van der Waals surface area contributed by atoms with Gasteiger partial charge < -0.3 is 25.2 Å². The van der Waals surface area contributed by atoms with E-state index in [4.69, 9.17) is 15.2 Å². The van der Waals surface area contributed by atoms with E-state index in [1.165, 1.54) is 36.5 Å². The summed E-state index contributed by atoms with van der Waals surface area (Å²) in [6.45, 7) is 4.86. The molecule has 0 saturated heterocycles. The molecule has 0 atom stereocenters. The minimum absolute atomic E-state index is 0.0999. The number of aromatic amines is 1. The third-order valence-corrected chi connectivity index (χ3v) is 6.33. The Kier molecular flexibility index (Phi) is 9.98. The van der Waals surface area contributed by atoms with Crippen LogP contribution < -0.4 is 20.1 Å². The van der Waals surface area contributed by atoms with Crippen LogP contribution in [-0.4, -0.2) is 76.0 Å². The van der Waals surface area contributed by atoms with E-state index < -0.39 is 17.5 Å². The number of hydrogen-bond acceptors (Lipinski definition) is 9. The van der Waals surface area contributed by atoms with Crippen LogP contribution in [0.1, 0.15) is 25.5 Å². The number of methoxy groups -OCH3 is 1. The van der Waals surface area contributed by atoms with Gasteiger partial charge in [-0.1, -0.05) is 13.0 Å². The minimum Gasteiger partial charge on any atom is -0.493 e. The molecule has 0 aliphatic heterocycles. The Hall–Kier alpha value is -4.36. The van der Waals surface area contributed by atoms with Gasteiger partial charge in [0.15, 0.2) is 29.0 Å². The first-order valence-electron chi connectivity index (χ1n) is 13.2. The highest BCUT2D eigenvalue weighted by molar-refractivity contribution is 5.96. The lowest BCUT2D eigenvalue weighted by molar-refractivity contribution is -0.117. The van der Waals surface area contributed by atoms with Gasteiger partial charge in [-0.25, -0.2) is 18.7 Å². The highest BCUT2D eigenvalue weighted by Gasteiger charge is 2.25. The number of anilines is 3. The first-order chi connectivity index (χ1) is 19.9. The van der Waals surface area contributed by atoms with Gasteiger partial charge in [-0.05, 0) is 37.6 Å². The molecule has 4 N–H and O–H groups in total. The van der Waals surface area contributed by atoms with Crippen LogP contribution in [0.15, 0.2) is 42.7 Å². The molecular weight excluding hydrogens is 536 g/mol. The van der Waals surface area contributed by atoms with Crippen molar-refractivity contribution < 1.29 is 28.2 Å². The van der Waals surface area contributed by atoms with Crippen LogP contribution in [0, 0.1) is 11.6 Å². The summed E-state index contributed by atoms with van der Waals surface area (Å²) in [5.74, 6) is -1.54. The summed E-state index contributed by atoms with van der Waals surface area (Å²) < 4.78 is 41.1. The molecule has 1 amide bonds. The second-order valence-electron chi connectivity index (χ2n) is 9.29. The Morgan fingerprint density at radius 1 is 1.12 bits per heavy atom. The molecule has 0 spiro atoms. The van der Waals surface area contributed by atoms with Crippen LogP contribution in [0.3, 0.4) is 0 Å². The number of nitrogens with zero attached hydrogens (tertiary/aromatic N) is 5. The molecular formula is C28H33F2N7O4. The maximum atomic E-state index is 15.1. The predicted octanol–water partition coefficient (Wildman–Crippen LogP) is 3.61. The molecule has 0 radical (unpaired) electrons. The molecule has 41 heavy (non-hydrogen) atoms. The number of primary amides is 1. The molecule has 0 bridgehead atoms. The van der Waals surface area contributed by atoms with Gasteiger partial charge in [0.1, 0.15) is 12.1 Å². The third kappa shape index (κ3) is 7.05. The van der Waals surface area contributed by atoms with Gasteiger partial charge in [0, 0.05) is 36.3 Å². The van der Waals surface area contributed by atoms with E-state index in [0.29, 0.717) is 41.2 Å². The second-order valence-corrected chi connectivity index (χ2v) is 9.29. The summed E-state index contributed by atoms with van der Waals surface area (Å²) in [7, 11) is 1.50. The lowest BCUT2D eigenvalue weighted by atomic mass is 10.1. The molecule has 218 valence electrons. The number of rotatable bonds is 15. The number of carbonyl (C=O) groups excluding carboxylic acids is 1. The summed E-state index contributed by atoms with van der Waals surface area (Å²) in [6.07, 6.45) is 2.90. The van der Waals surface area contributed by atoms with Gasteiger partial charge >= 0.3 is 0 Å². The number of benzene rings is 2. The number of ether oxygens (including phenoxy) is 2. The van der Waals surface area contributed by atoms with Crippen LogP contribution in [-0.2, 0) is 11.2 Å². The SMILES string of the molecule is CCCN(CCO)CCCOc1cc2ncnc(N(c3cc(CC(N)=O)[nH]n3)c3cccc(F)c3F)c2cc1OC. The van der Waals surface area contributed by atoms with Crippen LogP contribution >= 0.6 is 0 Å². The standard InChI is InChI=1S/C28H33F2N7O4/c1-3-8-36(10-11-38)9-5-12-41-24-16-21-19(15-23(24)40-2)28(33-17-32-21)37(22-7-4-6-20(29)27(22)30)26-14-18(34-35-26)13-25(31)39/h4,6-7,14-17,38H,3,5,8-13H2,1-2H3,(H2,31,39)(H,34,35). The monoisotopic (exact) mass is 569 g/mol. The number of hydrogen-bond donors (Lipinski definition) is 3. The third-order valence-electron chi connectivity index (χ3n) is 6.33. The van der Waals surface area contributed by atoms with Crippen LogP contribution in [0.4, 0.5) is 26.1 Å². The molecule has 0 saturated carbocycles. The Bertz CT molecular complexity index is 1480. The fourth-order valence-corrected chi connectivity index (χ4v) is 4.52. The first-order valence-corrected chi connectivity index (χ1v) is 13.2. The molecule has 2 aromatic carbocycles.